The van der Waals surface area contributed by atoms with E-state index in [0.717, 1.165) is 22.0 Å². The highest BCUT2D eigenvalue weighted by Crippen LogP contribution is 2.29. The summed E-state index contributed by atoms with van der Waals surface area (Å²) in [6.07, 6.45) is 5.46. The van der Waals surface area contributed by atoms with Crippen LogP contribution in [-0.4, -0.2) is 57.2 Å². The molecule has 7 heteroatoms. The van der Waals surface area contributed by atoms with Gasteiger partial charge in [0, 0.05) is 62.4 Å². The third-order valence-corrected chi connectivity index (χ3v) is 5.78. The van der Waals surface area contributed by atoms with Gasteiger partial charge in [-0.25, -0.2) is 13.8 Å². The first-order chi connectivity index (χ1) is 14.0. The van der Waals surface area contributed by atoms with Crippen molar-refractivity contribution in [2.24, 2.45) is 7.05 Å². The number of pyridine rings is 1. The molecule has 1 aromatic carbocycles. The van der Waals surface area contributed by atoms with E-state index in [1.807, 2.05) is 40.8 Å². The minimum Gasteiger partial charge on any atom is -0.334 e. The molecule has 2 aromatic heterocycles. The van der Waals surface area contributed by atoms with Crippen molar-refractivity contribution < 1.29 is 13.6 Å². The fourth-order valence-electron chi connectivity index (χ4n) is 3.93. The van der Waals surface area contributed by atoms with Crippen LogP contribution < -0.4 is 0 Å². The molecule has 0 atom stereocenters. The number of fused-ring (bicyclic) bond motifs is 1. The Morgan fingerprint density at radius 3 is 2.66 bits per heavy atom. The second kappa shape index (κ2) is 7.99. The van der Waals surface area contributed by atoms with Crippen LogP contribution in [0, 0.1) is 0 Å². The van der Waals surface area contributed by atoms with Crippen molar-refractivity contribution in [3.05, 3.63) is 48.7 Å². The van der Waals surface area contributed by atoms with E-state index in [1.165, 1.54) is 0 Å². The molecule has 0 N–H and O–H groups in total. The third-order valence-electron chi connectivity index (χ3n) is 5.78. The average molecular weight is 398 g/mol. The molecule has 0 spiro atoms. The molecule has 0 bridgehead atoms. The molecule has 0 aliphatic carbocycles. The average Bonchev–Trinajstić information content (AvgIpc) is 3.15. The van der Waals surface area contributed by atoms with Crippen molar-refractivity contribution in [1.29, 1.82) is 0 Å². The second-order valence-electron chi connectivity index (χ2n) is 7.72. The number of benzene rings is 1. The fourth-order valence-corrected chi connectivity index (χ4v) is 3.93. The van der Waals surface area contributed by atoms with E-state index in [9.17, 15) is 9.18 Å². The number of hydrogen-bond donors (Lipinski definition) is 0. The number of likely N-dealkylation sites (tertiary alicyclic amines) is 1. The van der Waals surface area contributed by atoms with Crippen LogP contribution in [0.1, 0.15) is 18.5 Å². The van der Waals surface area contributed by atoms with Crippen LogP contribution in [0.5, 0.6) is 0 Å². The molecule has 0 radical (unpaired) electrons. The van der Waals surface area contributed by atoms with Crippen LogP contribution >= 0.6 is 0 Å². The van der Waals surface area contributed by atoms with E-state index in [-0.39, 0.29) is 19.3 Å². The second-order valence-corrected chi connectivity index (χ2v) is 7.72. The van der Waals surface area contributed by atoms with E-state index < -0.39 is 18.1 Å². The van der Waals surface area contributed by atoms with Crippen LogP contribution in [0.4, 0.5) is 8.78 Å². The lowest BCUT2D eigenvalue weighted by Crippen LogP contribution is -2.47. The monoisotopic (exact) mass is 398 g/mol. The van der Waals surface area contributed by atoms with Crippen molar-refractivity contribution in [3.8, 4) is 11.3 Å². The molecular formula is C22H24F2N4O. The summed E-state index contributed by atoms with van der Waals surface area (Å²) >= 11 is 0. The summed E-state index contributed by atoms with van der Waals surface area (Å²) in [5.41, 5.74) is 0.722. The van der Waals surface area contributed by atoms with E-state index in [4.69, 9.17) is 0 Å². The molecule has 0 saturated carbocycles. The van der Waals surface area contributed by atoms with E-state index in [2.05, 4.69) is 9.97 Å². The van der Waals surface area contributed by atoms with E-state index in [0.29, 0.717) is 25.3 Å². The Labute approximate surface area is 168 Å². The molecule has 29 heavy (non-hydrogen) atoms. The first kappa shape index (κ1) is 19.6. The van der Waals surface area contributed by atoms with Gasteiger partial charge in [-0.15, -0.1) is 0 Å². The molecule has 1 saturated heterocycles. The molecule has 1 aliphatic heterocycles. The zero-order valence-corrected chi connectivity index (χ0v) is 16.4. The summed E-state index contributed by atoms with van der Waals surface area (Å²) in [5.74, 6) is -0.438. The van der Waals surface area contributed by atoms with Gasteiger partial charge < -0.3 is 9.47 Å². The van der Waals surface area contributed by atoms with Crippen LogP contribution in [-0.2, 0) is 18.3 Å². The van der Waals surface area contributed by atoms with Crippen LogP contribution in [0.25, 0.3) is 22.0 Å². The van der Waals surface area contributed by atoms with Gasteiger partial charge in [-0.2, -0.15) is 0 Å². The standard InChI is InChI=1S/C22H24F2N4O/c1-27-15-25-14-20(27)16-2-3-17-13-26-19(11-18(17)10-16)12-21(29)22(24)4-7-28(8-5-22)9-6-23/h2-3,10-11,13-15H,4-9,12H2,1H3. The molecule has 4 rings (SSSR count). The maximum absolute atomic E-state index is 15.2. The third kappa shape index (κ3) is 4.05. The minimum atomic E-state index is -1.85. The topological polar surface area (TPSA) is 51.0 Å². The lowest BCUT2D eigenvalue weighted by Gasteiger charge is -2.34. The summed E-state index contributed by atoms with van der Waals surface area (Å²) in [6, 6.07) is 7.87. The number of aromatic nitrogens is 3. The summed E-state index contributed by atoms with van der Waals surface area (Å²) in [6.45, 7) is 0.668. The number of rotatable bonds is 6. The lowest BCUT2D eigenvalue weighted by molar-refractivity contribution is -0.133. The molecule has 5 nitrogen and oxygen atoms in total. The van der Waals surface area contributed by atoms with Gasteiger partial charge in [0.25, 0.3) is 0 Å². The Kier molecular flexibility index (Phi) is 5.41. The minimum absolute atomic E-state index is 0.0362. The van der Waals surface area contributed by atoms with Crippen molar-refractivity contribution in [1.82, 2.24) is 19.4 Å². The molecule has 152 valence electrons. The number of alkyl halides is 2. The van der Waals surface area contributed by atoms with Crippen molar-refractivity contribution in [2.75, 3.05) is 26.3 Å². The Morgan fingerprint density at radius 1 is 1.17 bits per heavy atom. The number of hydrogen-bond acceptors (Lipinski definition) is 4. The van der Waals surface area contributed by atoms with Gasteiger partial charge in [0.1, 0.15) is 6.67 Å². The SMILES string of the molecule is Cn1cncc1-c1ccc2cnc(CC(=O)C3(F)CCN(CCF)CC3)cc2c1. The maximum Gasteiger partial charge on any atom is 0.175 e. The van der Waals surface area contributed by atoms with Gasteiger partial charge >= 0.3 is 0 Å². The number of carbonyl (C=O) groups is 1. The maximum atomic E-state index is 15.2. The summed E-state index contributed by atoms with van der Waals surface area (Å²) in [4.78, 5) is 23.0. The number of carbonyl (C=O) groups excluding carboxylic acids is 1. The van der Waals surface area contributed by atoms with Crippen molar-refractivity contribution in [2.45, 2.75) is 24.9 Å². The van der Waals surface area contributed by atoms with Crippen LogP contribution in [0.2, 0.25) is 0 Å². The number of ketones is 1. The molecule has 1 fully saturated rings. The van der Waals surface area contributed by atoms with Crippen LogP contribution in [0.15, 0.2) is 43.0 Å². The number of halogens is 2. The van der Waals surface area contributed by atoms with Gasteiger partial charge in [0.2, 0.25) is 0 Å². The number of Topliss-reactive ketones (excluding diaryl/α,β-unsaturated/α-hetero) is 1. The largest absolute Gasteiger partial charge is 0.334 e. The first-order valence-electron chi connectivity index (χ1n) is 9.84. The molecule has 0 amide bonds. The quantitative estimate of drug-likeness (QED) is 0.638. The predicted molar refractivity (Wildman–Crippen MR) is 108 cm³/mol. The zero-order chi connectivity index (χ0) is 20.4. The Balaban J connectivity index is 1.52. The number of aryl methyl sites for hydroxylation is 1. The van der Waals surface area contributed by atoms with Gasteiger partial charge in [-0.3, -0.25) is 9.78 Å². The molecule has 1 aliphatic rings. The zero-order valence-electron chi connectivity index (χ0n) is 16.4. The molecular weight excluding hydrogens is 374 g/mol. The Morgan fingerprint density at radius 2 is 1.97 bits per heavy atom. The van der Waals surface area contributed by atoms with Gasteiger partial charge in [-0.05, 0) is 17.5 Å². The molecule has 0 unspecified atom stereocenters. The van der Waals surface area contributed by atoms with Crippen molar-refractivity contribution >= 4 is 16.6 Å². The number of imidazole rings is 1. The van der Waals surface area contributed by atoms with Gasteiger partial charge in [0.15, 0.2) is 11.5 Å². The number of nitrogens with zero attached hydrogens (tertiary/aromatic N) is 4. The van der Waals surface area contributed by atoms with E-state index >= 15 is 4.39 Å². The normalized spacial score (nSPS) is 16.9. The molecule has 3 heterocycles. The van der Waals surface area contributed by atoms with E-state index in [1.54, 1.807) is 18.7 Å². The summed E-state index contributed by atoms with van der Waals surface area (Å²) in [5, 5.41) is 1.91. The van der Waals surface area contributed by atoms with Crippen molar-refractivity contribution in [3.63, 3.8) is 0 Å². The summed E-state index contributed by atoms with van der Waals surface area (Å²) < 4.78 is 29.6. The smallest absolute Gasteiger partial charge is 0.175 e. The Hall–Kier alpha value is -2.67. The predicted octanol–water partition coefficient (Wildman–Crippen LogP) is 3.52. The molecule has 3 aromatic rings. The van der Waals surface area contributed by atoms with Crippen LogP contribution in [0.3, 0.4) is 0 Å². The highest BCUT2D eigenvalue weighted by Gasteiger charge is 2.41. The van der Waals surface area contributed by atoms with Gasteiger partial charge in [0.05, 0.1) is 24.6 Å². The lowest BCUT2D eigenvalue weighted by atomic mass is 9.87. The Bertz CT molecular complexity index is 1020. The van der Waals surface area contributed by atoms with Gasteiger partial charge in [-0.1, -0.05) is 12.1 Å². The highest BCUT2D eigenvalue weighted by atomic mass is 19.1. The first-order valence-corrected chi connectivity index (χ1v) is 9.84. The number of piperidine rings is 1. The highest BCUT2D eigenvalue weighted by molar-refractivity contribution is 5.91. The summed E-state index contributed by atoms with van der Waals surface area (Å²) in [7, 11) is 1.93. The fraction of sp³-hybridized carbons (Fsp3) is 0.409.